The first kappa shape index (κ1) is 14.4. The lowest BCUT2D eigenvalue weighted by molar-refractivity contribution is 0.0987. The summed E-state index contributed by atoms with van der Waals surface area (Å²) in [5.74, 6) is -1.81. The van der Waals surface area contributed by atoms with Crippen LogP contribution in [0, 0.1) is 11.6 Å². The predicted molar refractivity (Wildman–Crippen MR) is 71.6 cm³/mol. The van der Waals surface area contributed by atoms with Gasteiger partial charge in [-0.15, -0.1) is 0 Å². The third kappa shape index (κ3) is 3.10. The molecule has 1 unspecified atom stereocenters. The minimum Gasteiger partial charge on any atom is -0.294 e. The number of rotatable bonds is 5. The Morgan fingerprint density at radius 3 is 2.80 bits per heavy atom. The van der Waals surface area contributed by atoms with Crippen LogP contribution in [-0.4, -0.2) is 15.6 Å². The van der Waals surface area contributed by atoms with Crippen LogP contribution in [0.2, 0.25) is 0 Å². The Bertz CT molecular complexity index is 622. The van der Waals surface area contributed by atoms with Crippen molar-refractivity contribution in [2.24, 2.45) is 0 Å². The van der Waals surface area contributed by atoms with E-state index >= 15 is 0 Å². The molecule has 0 fully saturated rings. The van der Waals surface area contributed by atoms with E-state index in [0.717, 1.165) is 24.6 Å². The first-order valence-electron chi connectivity index (χ1n) is 6.53. The summed E-state index contributed by atoms with van der Waals surface area (Å²) >= 11 is 0. The average molecular weight is 278 g/mol. The summed E-state index contributed by atoms with van der Waals surface area (Å²) in [5, 5.41) is 4.28. The molecule has 3 nitrogen and oxygen atoms in total. The lowest BCUT2D eigenvalue weighted by Crippen LogP contribution is -2.09. The molecule has 0 radical (unpaired) electrons. The lowest BCUT2D eigenvalue weighted by atomic mass is 10.1. The molecule has 1 heterocycles. The van der Waals surface area contributed by atoms with E-state index in [0.29, 0.717) is 5.69 Å². The third-order valence-electron chi connectivity index (χ3n) is 3.28. The fourth-order valence-corrected chi connectivity index (χ4v) is 1.88. The van der Waals surface area contributed by atoms with Gasteiger partial charge in [-0.3, -0.25) is 9.48 Å². The molecule has 0 aliphatic rings. The number of carbonyl (C=O) groups is 1. The van der Waals surface area contributed by atoms with Gasteiger partial charge in [0.05, 0.1) is 17.7 Å². The van der Waals surface area contributed by atoms with Crippen LogP contribution in [0.25, 0.3) is 0 Å². The summed E-state index contributed by atoms with van der Waals surface area (Å²) in [6.07, 6.45) is 2.68. The van der Waals surface area contributed by atoms with Crippen molar-refractivity contribution in [1.82, 2.24) is 9.78 Å². The number of ketones is 1. The molecular weight excluding hydrogens is 262 g/mol. The highest BCUT2D eigenvalue weighted by Crippen LogP contribution is 2.14. The minimum atomic E-state index is -0.710. The van der Waals surface area contributed by atoms with Crippen molar-refractivity contribution in [3.63, 3.8) is 0 Å². The molecule has 5 heteroatoms. The zero-order chi connectivity index (χ0) is 14.7. The molecule has 2 aromatic rings. The number of aromatic nitrogens is 2. The Labute approximate surface area is 116 Å². The van der Waals surface area contributed by atoms with Crippen molar-refractivity contribution >= 4 is 5.78 Å². The number of nitrogens with zero attached hydrogens (tertiary/aromatic N) is 2. The standard InChI is InChI=1S/C15H16F2N2O/c1-3-10(2)19-7-6-12(18-19)9-15(20)13-8-11(16)4-5-14(13)17/h4-8,10H,3,9H2,1-2H3. The summed E-state index contributed by atoms with van der Waals surface area (Å²) in [6, 6.07) is 4.83. The van der Waals surface area contributed by atoms with Crippen molar-refractivity contribution in [2.75, 3.05) is 0 Å². The number of Topliss-reactive ketones (excluding diaryl/α,β-unsaturated/α-hetero) is 1. The van der Waals surface area contributed by atoms with E-state index in [9.17, 15) is 13.6 Å². The van der Waals surface area contributed by atoms with Gasteiger partial charge in [0, 0.05) is 12.2 Å². The summed E-state index contributed by atoms with van der Waals surface area (Å²) in [6.45, 7) is 4.06. The van der Waals surface area contributed by atoms with E-state index in [1.165, 1.54) is 0 Å². The number of carbonyl (C=O) groups excluding carboxylic acids is 1. The molecule has 20 heavy (non-hydrogen) atoms. The van der Waals surface area contributed by atoms with Crippen molar-refractivity contribution in [3.8, 4) is 0 Å². The molecule has 0 saturated heterocycles. The Morgan fingerprint density at radius 1 is 1.35 bits per heavy atom. The fraction of sp³-hybridized carbons (Fsp3) is 0.333. The lowest BCUT2D eigenvalue weighted by Gasteiger charge is -2.08. The van der Waals surface area contributed by atoms with Gasteiger partial charge in [0.25, 0.3) is 0 Å². The molecule has 0 saturated carbocycles. The fourth-order valence-electron chi connectivity index (χ4n) is 1.88. The maximum Gasteiger partial charge on any atom is 0.171 e. The summed E-state index contributed by atoms with van der Waals surface area (Å²) in [7, 11) is 0. The van der Waals surface area contributed by atoms with Gasteiger partial charge in [-0.1, -0.05) is 6.92 Å². The van der Waals surface area contributed by atoms with Gasteiger partial charge >= 0.3 is 0 Å². The highest BCUT2D eigenvalue weighted by atomic mass is 19.1. The topological polar surface area (TPSA) is 34.9 Å². The van der Waals surface area contributed by atoms with Gasteiger partial charge in [-0.05, 0) is 37.6 Å². The molecule has 1 aromatic carbocycles. The van der Waals surface area contributed by atoms with E-state index in [1.54, 1.807) is 16.9 Å². The molecule has 0 aliphatic heterocycles. The monoisotopic (exact) mass is 278 g/mol. The smallest absolute Gasteiger partial charge is 0.171 e. The van der Waals surface area contributed by atoms with Crippen LogP contribution in [0.1, 0.15) is 42.4 Å². The SMILES string of the molecule is CCC(C)n1ccc(CC(=O)c2cc(F)ccc2F)n1. The largest absolute Gasteiger partial charge is 0.294 e. The van der Waals surface area contributed by atoms with E-state index in [2.05, 4.69) is 5.10 Å². The molecule has 0 amide bonds. The average Bonchev–Trinajstić information content (AvgIpc) is 2.89. The Balaban J connectivity index is 2.15. The molecule has 1 atom stereocenters. The van der Waals surface area contributed by atoms with Crippen LogP contribution in [0.5, 0.6) is 0 Å². The summed E-state index contributed by atoms with van der Waals surface area (Å²) < 4.78 is 28.3. The molecule has 106 valence electrons. The van der Waals surface area contributed by atoms with Crippen molar-refractivity contribution in [1.29, 1.82) is 0 Å². The van der Waals surface area contributed by atoms with Gasteiger partial charge in [0.2, 0.25) is 0 Å². The molecule has 2 rings (SSSR count). The van der Waals surface area contributed by atoms with Crippen LogP contribution in [0.3, 0.4) is 0 Å². The minimum absolute atomic E-state index is 0.0379. The maximum absolute atomic E-state index is 13.5. The summed E-state index contributed by atoms with van der Waals surface area (Å²) in [4.78, 5) is 12.0. The van der Waals surface area contributed by atoms with Crippen molar-refractivity contribution < 1.29 is 13.6 Å². The van der Waals surface area contributed by atoms with E-state index in [4.69, 9.17) is 0 Å². The highest BCUT2D eigenvalue weighted by Gasteiger charge is 2.15. The van der Waals surface area contributed by atoms with Crippen LogP contribution in [0.4, 0.5) is 8.78 Å². The zero-order valence-electron chi connectivity index (χ0n) is 11.4. The molecule has 0 bridgehead atoms. The van der Waals surface area contributed by atoms with Gasteiger partial charge in [-0.2, -0.15) is 5.10 Å². The Morgan fingerprint density at radius 2 is 2.10 bits per heavy atom. The first-order valence-corrected chi connectivity index (χ1v) is 6.53. The van der Waals surface area contributed by atoms with Crippen LogP contribution in [-0.2, 0) is 6.42 Å². The summed E-state index contributed by atoms with van der Waals surface area (Å²) in [5.41, 5.74) is 0.321. The Kier molecular flexibility index (Phi) is 4.27. The van der Waals surface area contributed by atoms with E-state index in [-0.39, 0.29) is 18.0 Å². The number of hydrogen-bond acceptors (Lipinski definition) is 2. The molecular formula is C15H16F2N2O. The Hall–Kier alpha value is -2.04. The highest BCUT2D eigenvalue weighted by molar-refractivity contribution is 5.97. The van der Waals surface area contributed by atoms with Gasteiger partial charge in [0.15, 0.2) is 5.78 Å². The number of hydrogen-bond donors (Lipinski definition) is 0. The third-order valence-corrected chi connectivity index (χ3v) is 3.28. The van der Waals surface area contributed by atoms with E-state index in [1.807, 2.05) is 13.8 Å². The second-order valence-corrected chi connectivity index (χ2v) is 4.77. The molecule has 1 aromatic heterocycles. The normalized spacial score (nSPS) is 12.4. The molecule has 0 aliphatic carbocycles. The van der Waals surface area contributed by atoms with Crippen molar-refractivity contribution in [2.45, 2.75) is 32.7 Å². The van der Waals surface area contributed by atoms with Crippen LogP contribution >= 0.6 is 0 Å². The van der Waals surface area contributed by atoms with E-state index < -0.39 is 17.4 Å². The van der Waals surface area contributed by atoms with Gasteiger partial charge < -0.3 is 0 Å². The van der Waals surface area contributed by atoms with Crippen LogP contribution < -0.4 is 0 Å². The maximum atomic E-state index is 13.5. The predicted octanol–water partition coefficient (Wildman–Crippen LogP) is 3.56. The number of halogens is 2. The molecule has 0 N–H and O–H groups in total. The van der Waals surface area contributed by atoms with Crippen LogP contribution in [0.15, 0.2) is 30.5 Å². The van der Waals surface area contributed by atoms with Gasteiger partial charge in [-0.25, -0.2) is 8.78 Å². The first-order chi connectivity index (χ1) is 9.51. The quantitative estimate of drug-likeness (QED) is 0.784. The second-order valence-electron chi connectivity index (χ2n) is 4.77. The number of benzene rings is 1. The molecule has 0 spiro atoms. The van der Waals surface area contributed by atoms with Gasteiger partial charge in [0.1, 0.15) is 11.6 Å². The zero-order valence-corrected chi connectivity index (χ0v) is 11.4. The van der Waals surface area contributed by atoms with Crippen molar-refractivity contribution in [3.05, 3.63) is 53.4 Å². The second kappa shape index (κ2) is 5.94.